The van der Waals surface area contributed by atoms with Gasteiger partial charge in [-0.3, -0.25) is 0 Å². The van der Waals surface area contributed by atoms with Crippen molar-refractivity contribution in [2.75, 3.05) is 12.4 Å². The molecule has 1 heterocycles. The average molecular weight is 399 g/mol. The van der Waals surface area contributed by atoms with Gasteiger partial charge in [0.05, 0.1) is 11.3 Å². The summed E-state index contributed by atoms with van der Waals surface area (Å²) in [4.78, 5) is 3.33. The van der Waals surface area contributed by atoms with E-state index in [-0.39, 0.29) is 5.75 Å². The minimum Gasteiger partial charge on any atom is -0.505 e. The Morgan fingerprint density at radius 2 is 1.92 bits per heavy atom. The Hall–Kier alpha value is -2.20. The first-order valence-electron chi connectivity index (χ1n) is 8.62. The molecule has 3 rings (SSSR count). The molecule has 3 aromatic rings. The van der Waals surface area contributed by atoms with E-state index in [0.29, 0.717) is 5.69 Å². The van der Waals surface area contributed by atoms with Crippen molar-refractivity contribution in [3.8, 4) is 28.1 Å². The number of H-pyrrole nitrogens is 1. The molecule has 0 aliphatic carbocycles. The fourth-order valence-corrected chi connectivity index (χ4v) is 3.56. The maximum absolute atomic E-state index is 10.9. The van der Waals surface area contributed by atoms with Crippen molar-refractivity contribution >= 4 is 21.7 Å². The summed E-state index contributed by atoms with van der Waals surface area (Å²) in [5.41, 5.74) is 4.77. The lowest BCUT2D eigenvalue weighted by Gasteiger charge is -2.07. The first-order valence-corrected chi connectivity index (χ1v) is 9.41. The van der Waals surface area contributed by atoms with Crippen LogP contribution >= 0.6 is 15.9 Å². The van der Waals surface area contributed by atoms with Crippen molar-refractivity contribution < 1.29 is 5.11 Å². The highest BCUT2D eigenvalue weighted by atomic mass is 79.9. The summed E-state index contributed by atoms with van der Waals surface area (Å²) in [5.74, 6) is 1.08. The second kappa shape index (κ2) is 7.79. The number of aryl methyl sites for hydroxylation is 1. The molecule has 0 saturated heterocycles. The number of hydrogen-bond acceptors (Lipinski definition) is 2. The van der Waals surface area contributed by atoms with Gasteiger partial charge in [-0.25, -0.2) is 0 Å². The molecular formula is C21H23BrN2O. The first kappa shape index (κ1) is 17.6. The molecule has 130 valence electrons. The van der Waals surface area contributed by atoms with Gasteiger partial charge in [-0.1, -0.05) is 71.7 Å². The van der Waals surface area contributed by atoms with Crippen molar-refractivity contribution in [3.05, 3.63) is 58.6 Å². The normalized spacial score (nSPS) is 10.8. The zero-order valence-corrected chi connectivity index (χ0v) is 16.2. The molecule has 0 atom stereocenters. The van der Waals surface area contributed by atoms with Crippen molar-refractivity contribution in [2.24, 2.45) is 0 Å². The summed E-state index contributed by atoms with van der Waals surface area (Å²) in [6, 6.07) is 16.3. The molecule has 3 nitrogen and oxygen atoms in total. The Morgan fingerprint density at radius 3 is 2.64 bits per heavy atom. The van der Waals surface area contributed by atoms with E-state index in [0.717, 1.165) is 33.4 Å². The fraction of sp³-hybridized carbons (Fsp3) is 0.238. The third-order valence-corrected chi connectivity index (χ3v) is 5.09. The van der Waals surface area contributed by atoms with E-state index in [1.807, 2.05) is 37.4 Å². The Morgan fingerprint density at radius 1 is 1.12 bits per heavy atom. The zero-order valence-electron chi connectivity index (χ0n) is 14.6. The molecular weight excluding hydrogens is 376 g/mol. The van der Waals surface area contributed by atoms with E-state index in [2.05, 4.69) is 51.4 Å². The lowest BCUT2D eigenvalue weighted by atomic mass is 10.0. The van der Waals surface area contributed by atoms with Crippen LogP contribution in [-0.4, -0.2) is 17.1 Å². The number of aromatic nitrogens is 1. The van der Waals surface area contributed by atoms with Crippen LogP contribution in [0.5, 0.6) is 5.75 Å². The van der Waals surface area contributed by atoms with E-state index >= 15 is 0 Å². The second-order valence-electron chi connectivity index (χ2n) is 6.13. The number of unbranched alkanes of at least 4 members (excludes halogenated alkanes) is 1. The van der Waals surface area contributed by atoms with Gasteiger partial charge < -0.3 is 15.4 Å². The lowest BCUT2D eigenvalue weighted by Crippen LogP contribution is -1.91. The standard InChI is InChI=1S/C21H23BrN2O/c1-3-4-8-14-9-7-10-15(13-14)18-20(25)19(24-21(18)23-2)16-11-5-6-12-17(16)22/h5-7,9-13,23-25H,3-4,8H2,1-2H3. The molecule has 0 bridgehead atoms. The van der Waals surface area contributed by atoms with Gasteiger partial charge in [0, 0.05) is 17.1 Å². The first-order chi connectivity index (χ1) is 12.2. The lowest BCUT2D eigenvalue weighted by molar-refractivity contribution is 0.480. The minimum absolute atomic E-state index is 0.267. The molecule has 4 heteroatoms. The zero-order chi connectivity index (χ0) is 17.8. The number of benzene rings is 2. The van der Waals surface area contributed by atoms with Gasteiger partial charge in [0.25, 0.3) is 0 Å². The molecule has 3 N–H and O–H groups in total. The topological polar surface area (TPSA) is 48.0 Å². The monoisotopic (exact) mass is 398 g/mol. The van der Waals surface area contributed by atoms with Gasteiger partial charge >= 0.3 is 0 Å². The quantitative estimate of drug-likeness (QED) is 0.462. The number of aromatic amines is 1. The van der Waals surface area contributed by atoms with Crippen LogP contribution in [0.4, 0.5) is 5.82 Å². The van der Waals surface area contributed by atoms with Crippen molar-refractivity contribution in [3.63, 3.8) is 0 Å². The number of halogens is 1. The van der Waals surface area contributed by atoms with Crippen LogP contribution in [0.1, 0.15) is 25.3 Å². The van der Waals surface area contributed by atoms with Crippen molar-refractivity contribution in [2.45, 2.75) is 26.2 Å². The van der Waals surface area contributed by atoms with Crippen LogP contribution in [0.15, 0.2) is 53.0 Å². The van der Waals surface area contributed by atoms with Crippen LogP contribution in [-0.2, 0) is 6.42 Å². The van der Waals surface area contributed by atoms with Crippen LogP contribution in [0.3, 0.4) is 0 Å². The average Bonchev–Trinajstić information content (AvgIpc) is 2.97. The van der Waals surface area contributed by atoms with Gasteiger partial charge in [-0.15, -0.1) is 0 Å². The molecule has 0 radical (unpaired) electrons. The predicted molar refractivity (Wildman–Crippen MR) is 109 cm³/mol. The van der Waals surface area contributed by atoms with Crippen molar-refractivity contribution in [1.29, 1.82) is 0 Å². The van der Waals surface area contributed by atoms with E-state index in [9.17, 15) is 5.11 Å². The minimum atomic E-state index is 0.267. The number of rotatable bonds is 6. The maximum Gasteiger partial charge on any atom is 0.151 e. The maximum atomic E-state index is 10.9. The Bertz CT molecular complexity index is 870. The largest absolute Gasteiger partial charge is 0.505 e. The summed E-state index contributed by atoms with van der Waals surface area (Å²) >= 11 is 3.57. The molecule has 0 aliphatic rings. The number of hydrogen-bond donors (Lipinski definition) is 3. The SMILES string of the molecule is CCCCc1cccc(-c2c(NC)[nH]c(-c3ccccc3Br)c2O)c1. The molecule has 0 unspecified atom stereocenters. The molecule has 0 spiro atoms. The molecule has 2 aromatic carbocycles. The van der Waals surface area contributed by atoms with Gasteiger partial charge in [0.1, 0.15) is 5.82 Å². The summed E-state index contributed by atoms with van der Waals surface area (Å²) in [6.45, 7) is 2.20. The highest BCUT2D eigenvalue weighted by Gasteiger charge is 2.20. The molecule has 1 aromatic heterocycles. The molecule has 0 saturated carbocycles. The highest BCUT2D eigenvalue weighted by molar-refractivity contribution is 9.10. The third kappa shape index (κ3) is 3.59. The predicted octanol–water partition coefficient (Wildman–Crippen LogP) is 6.20. The Labute approximate surface area is 157 Å². The van der Waals surface area contributed by atoms with Gasteiger partial charge in [0.2, 0.25) is 0 Å². The van der Waals surface area contributed by atoms with Gasteiger partial charge in [-0.05, 0) is 30.0 Å². The highest BCUT2D eigenvalue weighted by Crippen LogP contribution is 2.45. The van der Waals surface area contributed by atoms with Crippen LogP contribution in [0.25, 0.3) is 22.4 Å². The summed E-state index contributed by atoms with van der Waals surface area (Å²) in [7, 11) is 1.86. The van der Waals surface area contributed by atoms with E-state index < -0.39 is 0 Å². The molecule has 25 heavy (non-hydrogen) atoms. The summed E-state index contributed by atoms with van der Waals surface area (Å²) in [5, 5.41) is 14.1. The van der Waals surface area contributed by atoms with Crippen LogP contribution < -0.4 is 5.32 Å². The van der Waals surface area contributed by atoms with E-state index in [1.54, 1.807) is 0 Å². The Balaban J connectivity index is 2.10. The Kier molecular flexibility index (Phi) is 5.49. The second-order valence-corrected chi connectivity index (χ2v) is 6.99. The van der Waals surface area contributed by atoms with E-state index in [4.69, 9.17) is 0 Å². The third-order valence-electron chi connectivity index (χ3n) is 4.40. The van der Waals surface area contributed by atoms with Gasteiger partial charge in [-0.2, -0.15) is 0 Å². The summed E-state index contributed by atoms with van der Waals surface area (Å²) < 4.78 is 0.942. The number of nitrogens with one attached hydrogen (secondary N) is 2. The van der Waals surface area contributed by atoms with E-state index in [1.165, 1.54) is 18.4 Å². The smallest absolute Gasteiger partial charge is 0.151 e. The van der Waals surface area contributed by atoms with Crippen LogP contribution in [0.2, 0.25) is 0 Å². The molecule has 0 fully saturated rings. The number of aromatic hydroxyl groups is 1. The van der Waals surface area contributed by atoms with Crippen molar-refractivity contribution in [1.82, 2.24) is 4.98 Å². The summed E-state index contributed by atoms with van der Waals surface area (Å²) in [6.07, 6.45) is 3.40. The number of anilines is 1. The molecule has 0 amide bonds. The fourth-order valence-electron chi connectivity index (χ4n) is 3.08. The van der Waals surface area contributed by atoms with Crippen LogP contribution in [0, 0.1) is 0 Å². The molecule has 0 aliphatic heterocycles. The van der Waals surface area contributed by atoms with Gasteiger partial charge in [0.15, 0.2) is 5.75 Å².